The Hall–Kier alpha value is -0.340. The lowest BCUT2D eigenvalue weighted by atomic mass is 9.86. The molecule has 0 radical (unpaired) electrons. The molecule has 1 aliphatic rings. The molecule has 0 bridgehead atoms. The van der Waals surface area contributed by atoms with Gasteiger partial charge in [-0.15, -0.1) is 0 Å². The Morgan fingerprint density at radius 3 is 2.79 bits per heavy atom. The molecule has 78 valence electrons. The summed E-state index contributed by atoms with van der Waals surface area (Å²) in [5.74, 6) is 1.63. The minimum absolute atomic E-state index is 0.729. The number of hydrogen-bond acceptors (Lipinski definition) is 2. The van der Waals surface area contributed by atoms with Crippen LogP contribution in [0.15, 0.2) is 16.8 Å². The Kier molecular flexibility index (Phi) is 3.60. The third kappa shape index (κ3) is 2.37. The number of thiophene rings is 1. The standard InChI is InChI=1S/C12H19NS/c13-8-12(11-3-1-2-4-11)7-10-5-6-14-9-10/h5-6,9,11-12H,1-4,7-8,13H2. The van der Waals surface area contributed by atoms with Gasteiger partial charge < -0.3 is 5.73 Å². The minimum Gasteiger partial charge on any atom is -0.330 e. The monoisotopic (exact) mass is 209 g/mol. The van der Waals surface area contributed by atoms with Gasteiger partial charge >= 0.3 is 0 Å². The van der Waals surface area contributed by atoms with Crippen molar-refractivity contribution >= 4 is 11.3 Å². The molecule has 1 nitrogen and oxygen atoms in total. The van der Waals surface area contributed by atoms with Crippen LogP contribution in [-0.4, -0.2) is 6.54 Å². The summed E-state index contributed by atoms with van der Waals surface area (Å²) in [7, 11) is 0. The zero-order valence-electron chi connectivity index (χ0n) is 8.61. The highest BCUT2D eigenvalue weighted by Gasteiger charge is 2.23. The SMILES string of the molecule is NCC(Cc1ccsc1)C1CCCC1. The molecule has 1 aromatic heterocycles. The Morgan fingerprint density at radius 1 is 1.43 bits per heavy atom. The first-order chi connectivity index (χ1) is 6.90. The lowest BCUT2D eigenvalue weighted by Crippen LogP contribution is -2.23. The van der Waals surface area contributed by atoms with Gasteiger partial charge in [0.05, 0.1) is 0 Å². The maximum Gasteiger partial charge on any atom is -0.00430 e. The summed E-state index contributed by atoms with van der Waals surface area (Å²) in [6.07, 6.45) is 6.86. The molecule has 1 aliphatic carbocycles. The van der Waals surface area contributed by atoms with Gasteiger partial charge in [-0.25, -0.2) is 0 Å². The number of rotatable bonds is 4. The molecule has 0 saturated heterocycles. The van der Waals surface area contributed by atoms with Crippen LogP contribution in [0.2, 0.25) is 0 Å². The maximum atomic E-state index is 5.87. The van der Waals surface area contributed by atoms with Crippen LogP contribution in [0, 0.1) is 11.8 Å². The lowest BCUT2D eigenvalue weighted by Gasteiger charge is -2.21. The molecule has 1 heterocycles. The molecule has 2 heteroatoms. The molecule has 14 heavy (non-hydrogen) atoms. The van der Waals surface area contributed by atoms with Crippen LogP contribution in [0.1, 0.15) is 31.2 Å². The molecule has 1 saturated carbocycles. The van der Waals surface area contributed by atoms with Gasteiger partial charge in [0, 0.05) is 0 Å². The van der Waals surface area contributed by atoms with Gasteiger partial charge in [0.15, 0.2) is 0 Å². The van der Waals surface area contributed by atoms with Gasteiger partial charge in [-0.1, -0.05) is 25.7 Å². The van der Waals surface area contributed by atoms with E-state index in [9.17, 15) is 0 Å². The van der Waals surface area contributed by atoms with Crippen LogP contribution in [-0.2, 0) is 6.42 Å². The second-order valence-corrected chi connectivity index (χ2v) is 5.16. The van der Waals surface area contributed by atoms with Crippen LogP contribution in [0.4, 0.5) is 0 Å². The van der Waals surface area contributed by atoms with Crippen molar-refractivity contribution in [1.82, 2.24) is 0 Å². The van der Waals surface area contributed by atoms with E-state index in [1.165, 1.54) is 37.7 Å². The summed E-state index contributed by atoms with van der Waals surface area (Å²) in [5, 5.41) is 4.43. The van der Waals surface area contributed by atoms with Crippen LogP contribution >= 0.6 is 11.3 Å². The van der Waals surface area contributed by atoms with Crippen molar-refractivity contribution < 1.29 is 0 Å². The van der Waals surface area contributed by atoms with Crippen LogP contribution in [0.5, 0.6) is 0 Å². The molecular formula is C12H19NS. The molecule has 0 spiro atoms. The topological polar surface area (TPSA) is 26.0 Å². The van der Waals surface area contributed by atoms with Gasteiger partial charge in [0.25, 0.3) is 0 Å². The van der Waals surface area contributed by atoms with Crippen LogP contribution in [0.3, 0.4) is 0 Å². The predicted molar refractivity (Wildman–Crippen MR) is 62.5 cm³/mol. The third-order valence-electron chi connectivity index (χ3n) is 3.45. The van der Waals surface area contributed by atoms with Crippen molar-refractivity contribution in [2.75, 3.05) is 6.54 Å². The summed E-state index contributed by atoms with van der Waals surface area (Å²) in [6, 6.07) is 2.24. The van der Waals surface area contributed by atoms with E-state index in [-0.39, 0.29) is 0 Å². The fourth-order valence-corrected chi connectivity index (χ4v) is 3.26. The van der Waals surface area contributed by atoms with E-state index in [1.807, 2.05) is 0 Å². The van der Waals surface area contributed by atoms with Crippen molar-refractivity contribution in [2.24, 2.45) is 17.6 Å². The van der Waals surface area contributed by atoms with Crippen LogP contribution < -0.4 is 5.73 Å². The van der Waals surface area contributed by atoms with Gasteiger partial charge in [-0.2, -0.15) is 11.3 Å². The second kappa shape index (κ2) is 4.94. The molecule has 1 atom stereocenters. The summed E-state index contributed by atoms with van der Waals surface area (Å²) >= 11 is 1.79. The normalized spacial score (nSPS) is 20.1. The third-order valence-corrected chi connectivity index (χ3v) is 4.18. The molecule has 2 rings (SSSR count). The zero-order chi connectivity index (χ0) is 9.80. The smallest absolute Gasteiger partial charge is 0.00430 e. The molecule has 0 amide bonds. The van der Waals surface area contributed by atoms with Gasteiger partial charge in [0.1, 0.15) is 0 Å². The first-order valence-electron chi connectivity index (χ1n) is 5.61. The van der Waals surface area contributed by atoms with Gasteiger partial charge in [-0.3, -0.25) is 0 Å². The summed E-state index contributed by atoms with van der Waals surface area (Å²) in [6.45, 7) is 0.862. The average molecular weight is 209 g/mol. The van der Waals surface area contributed by atoms with Crippen molar-refractivity contribution in [3.63, 3.8) is 0 Å². The first-order valence-corrected chi connectivity index (χ1v) is 6.55. The van der Waals surface area contributed by atoms with E-state index in [1.54, 1.807) is 11.3 Å². The average Bonchev–Trinajstić information content (AvgIpc) is 2.86. The largest absolute Gasteiger partial charge is 0.330 e. The minimum atomic E-state index is 0.729. The quantitative estimate of drug-likeness (QED) is 0.810. The van der Waals surface area contributed by atoms with E-state index < -0.39 is 0 Å². The number of nitrogens with two attached hydrogens (primary N) is 1. The van der Waals surface area contributed by atoms with Crippen molar-refractivity contribution in [1.29, 1.82) is 0 Å². The highest BCUT2D eigenvalue weighted by Crippen LogP contribution is 2.32. The van der Waals surface area contributed by atoms with Gasteiger partial charge in [0.2, 0.25) is 0 Å². The van der Waals surface area contributed by atoms with Crippen molar-refractivity contribution in [2.45, 2.75) is 32.1 Å². The Balaban J connectivity index is 1.92. The molecule has 0 aromatic carbocycles. The summed E-state index contributed by atoms with van der Waals surface area (Å²) in [5.41, 5.74) is 7.36. The highest BCUT2D eigenvalue weighted by molar-refractivity contribution is 7.07. The highest BCUT2D eigenvalue weighted by atomic mass is 32.1. The molecule has 1 aromatic rings. The zero-order valence-corrected chi connectivity index (χ0v) is 9.43. The van der Waals surface area contributed by atoms with E-state index in [0.29, 0.717) is 0 Å². The lowest BCUT2D eigenvalue weighted by molar-refractivity contribution is 0.345. The van der Waals surface area contributed by atoms with Crippen molar-refractivity contribution in [3.05, 3.63) is 22.4 Å². The molecule has 2 N–H and O–H groups in total. The van der Waals surface area contributed by atoms with E-state index in [0.717, 1.165) is 18.4 Å². The number of hydrogen-bond donors (Lipinski definition) is 1. The second-order valence-electron chi connectivity index (χ2n) is 4.38. The fourth-order valence-electron chi connectivity index (χ4n) is 2.58. The van der Waals surface area contributed by atoms with E-state index in [4.69, 9.17) is 5.73 Å². The molecule has 1 fully saturated rings. The van der Waals surface area contributed by atoms with Crippen molar-refractivity contribution in [3.8, 4) is 0 Å². The molecule has 1 unspecified atom stereocenters. The predicted octanol–water partition coefficient (Wildman–Crippen LogP) is 3.06. The van der Waals surface area contributed by atoms with E-state index >= 15 is 0 Å². The molecular weight excluding hydrogens is 190 g/mol. The van der Waals surface area contributed by atoms with Crippen LogP contribution in [0.25, 0.3) is 0 Å². The van der Waals surface area contributed by atoms with E-state index in [2.05, 4.69) is 16.8 Å². The Morgan fingerprint density at radius 2 is 2.21 bits per heavy atom. The summed E-state index contributed by atoms with van der Waals surface area (Å²) in [4.78, 5) is 0. The van der Waals surface area contributed by atoms with Gasteiger partial charge in [-0.05, 0) is 47.2 Å². The maximum absolute atomic E-state index is 5.87. The first kappa shape index (κ1) is 10.2. The Labute approximate surface area is 90.3 Å². The Bertz CT molecular complexity index is 249. The molecule has 0 aliphatic heterocycles. The fraction of sp³-hybridized carbons (Fsp3) is 0.667. The summed E-state index contributed by atoms with van der Waals surface area (Å²) < 4.78 is 0.